The summed E-state index contributed by atoms with van der Waals surface area (Å²) in [5.41, 5.74) is 0.0321. The van der Waals surface area contributed by atoms with Gasteiger partial charge in [0.2, 0.25) is 5.91 Å². The second-order valence-corrected chi connectivity index (χ2v) is 5.78. The van der Waals surface area contributed by atoms with Gasteiger partial charge in [0.25, 0.3) is 11.1 Å². The third kappa shape index (κ3) is 4.12. The van der Waals surface area contributed by atoms with Gasteiger partial charge in [-0.3, -0.25) is 24.6 Å². The molecule has 0 saturated heterocycles. The van der Waals surface area contributed by atoms with Crippen LogP contribution in [0, 0.1) is 6.92 Å². The van der Waals surface area contributed by atoms with Gasteiger partial charge in [0.15, 0.2) is 0 Å². The molecule has 0 aliphatic carbocycles. The van der Waals surface area contributed by atoms with E-state index >= 15 is 0 Å². The predicted molar refractivity (Wildman–Crippen MR) is 80.8 cm³/mol. The van der Waals surface area contributed by atoms with Crippen molar-refractivity contribution in [2.24, 2.45) is 0 Å². The second kappa shape index (κ2) is 7.14. The topological polar surface area (TPSA) is 117 Å². The Hall–Kier alpha value is -2.26. The minimum absolute atomic E-state index is 0.127. The molecule has 22 heavy (non-hydrogen) atoms. The highest BCUT2D eigenvalue weighted by Gasteiger charge is 2.11. The van der Waals surface area contributed by atoms with Crippen LogP contribution in [-0.4, -0.2) is 28.2 Å². The molecular weight excluding hydrogens is 308 g/mol. The Morgan fingerprint density at radius 3 is 2.91 bits per heavy atom. The maximum absolute atomic E-state index is 11.9. The smallest absolute Gasteiger partial charge is 0.266 e. The van der Waals surface area contributed by atoms with Gasteiger partial charge in [-0.2, -0.15) is 0 Å². The van der Waals surface area contributed by atoms with E-state index in [0.29, 0.717) is 13.2 Å². The van der Waals surface area contributed by atoms with Crippen LogP contribution in [0.3, 0.4) is 0 Å². The Balaban J connectivity index is 1.97. The van der Waals surface area contributed by atoms with Gasteiger partial charge in [-0.15, -0.1) is 11.3 Å². The minimum Gasteiger partial charge on any atom is -0.378 e. The van der Waals surface area contributed by atoms with E-state index in [-0.39, 0.29) is 17.9 Å². The van der Waals surface area contributed by atoms with Crippen molar-refractivity contribution >= 4 is 17.2 Å². The van der Waals surface area contributed by atoms with E-state index in [2.05, 4.69) is 20.5 Å². The first-order valence-electron chi connectivity index (χ1n) is 6.51. The van der Waals surface area contributed by atoms with Crippen LogP contribution in [0.25, 0.3) is 0 Å². The number of aromatic amines is 2. The van der Waals surface area contributed by atoms with Crippen molar-refractivity contribution < 1.29 is 9.53 Å². The molecule has 0 unspecified atom stereocenters. The van der Waals surface area contributed by atoms with E-state index in [9.17, 15) is 14.4 Å². The number of nitrogens with zero attached hydrogens (tertiary/aromatic N) is 1. The standard InChI is InChI=1S/C13H16N4O4S/c1-7-9(22-12(15-7)6-21-2)5-14-10(18)3-8-4-11(19)16-17-13(8)20/h4H,3,5-6H2,1-2H3,(H,14,18)(H,16,19)(H,17,20). The highest BCUT2D eigenvalue weighted by molar-refractivity contribution is 7.11. The molecule has 0 saturated carbocycles. The van der Waals surface area contributed by atoms with E-state index in [1.165, 1.54) is 11.3 Å². The average molecular weight is 324 g/mol. The predicted octanol–water partition coefficient (Wildman–Crippen LogP) is -0.167. The van der Waals surface area contributed by atoms with Gasteiger partial charge in [0.1, 0.15) is 5.01 Å². The van der Waals surface area contributed by atoms with Crippen LogP contribution < -0.4 is 16.4 Å². The van der Waals surface area contributed by atoms with Crippen molar-refractivity contribution in [2.45, 2.75) is 26.5 Å². The van der Waals surface area contributed by atoms with Crippen molar-refractivity contribution in [1.29, 1.82) is 0 Å². The highest BCUT2D eigenvalue weighted by atomic mass is 32.1. The summed E-state index contributed by atoms with van der Waals surface area (Å²) in [5, 5.41) is 7.89. The minimum atomic E-state index is -0.480. The van der Waals surface area contributed by atoms with Crippen LogP contribution in [0.4, 0.5) is 0 Å². The van der Waals surface area contributed by atoms with Gasteiger partial charge in [0, 0.05) is 23.6 Å². The SMILES string of the molecule is COCc1nc(C)c(CNC(=O)Cc2cc(=O)[nH][nH]c2=O)s1. The molecule has 1 amide bonds. The van der Waals surface area contributed by atoms with Crippen molar-refractivity contribution in [3.8, 4) is 0 Å². The van der Waals surface area contributed by atoms with Gasteiger partial charge in [0.05, 0.1) is 25.3 Å². The fraction of sp³-hybridized carbons (Fsp3) is 0.385. The molecule has 8 nitrogen and oxygen atoms in total. The maximum Gasteiger partial charge on any atom is 0.266 e. The zero-order valence-corrected chi connectivity index (χ0v) is 13.0. The van der Waals surface area contributed by atoms with Crippen molar-refractivity contribution in [2.75, 3.05) is 7.11 Å². The summed E-state index contributed by atoms with van der Waals surface area (Å²) in [6.07, 6.45) is -0.151. The number of rotatable bonds is 6. The van der Waals surface area contributed by atoms with Gasteiger partial charge in [-0.05, 0) is 6.92 Å². The molecule has 0 fully saturated rings. The summed E-state index contributed by atoms with van der Waals surface area (Å²) in [6.45, 7) is 2.62. The molecule has 0 spiro atoms. The number of carbonyl (C=O) groups is 1. The Bertz CT molecular complexity index is 777. The lowest BCUT2D eigenvalue weighted by Gasteiger charge is -2.03. The number of hydrogen-bond donors (Lipinski definition) is 3. The van der Waals surface area contributed by atoms with Crippen LogP contribution in [-0.2, 0) is 29.1 Å². The van der Waals surface area contributed by atoms with E-state index in [4.69, 9.17) is 4.74 Å². The Labute approximate surface area is 129 Å². The number of aromatic nitrogens is 3. The third-order valence-electron chi connectivity index (χ3n) is 2.90. The molecule has 0 aromatic carbocycles. The largest absolute Gasteiger partial charge is 0.378 e. The maximum atomic E-state index is 11.9. The first kappa shape index (κ1) is 16.1. The molecule has 2 aromatic rings. The summed E-state index contributed by atoms with van der Waals surface area (Å²) in [6, 6.07) is 1.12. The first-order valence-corrected chi connectivity index (χ1v) is 7.33. The van der Waals surface area contributed by atoms with Crippen LogP contribution >= 0.6 is 11.3 Å². The molecule has 2 rings (SSSR count). The summed E-state index contributed by atoms with van der Waals surface area (Å²) >= 11 is 1.46. The monoisotopic (exact) mass is 324 g/mol. The van der Waals surface area contributed by atoms with Crippen LogP contribution in [0.5, 0.6) is 0 Å². The van der Waals surface area contributed by atoms with E-state index in [0.717, 1.165) is 21.6 Å². The van der Waals surface area contributed by atoms with Gasteiger partial charge >= 0.3 is 0 Å². The zero-order valence-electron chi connectivity index (χ0n) is 12.2. The van der Waals surface area contributed by atoms with Gasteiger partial charge < -0.3 is 10.1 Å². The fourth-order valence-electron chi connectivity index (χ4n) is 1.84. The first-order chi connectivity index (χ1) is 10.5. The lowest BCUT2D eigenvalue weighted by molar-refractivity contribution is -0.120. The lowest BCUT2D eigenvalue weighted by atomic mass is 10.2. The number of aryl methyl sites for hydroxylation is 1. The number of thiazole rings is 1. The van der Waals surface area contributed by atoms with Gasteiger partial charge in [-0.25, -0.2) is 4.98 Å². The molecule has 118 valence electrons. The van der Waals surface area contributed by atoms with Crippen molar-refractivity contribution in [3.63, 3.8) is 0 Å². The van der Waals surface area contributed by atoms with Crippen LogP contribution in [0.15, 0.2) is 15.7 Å². The van der Waals surface area contributed by atoms with Crippen LogP contribution in [0.2, 0.25) is 0 Å². The second-order valence-electron chi connectivity index (χ2n) is 4.62. The molecule has 3 N–H and O–H groups in total. The molecule has 2 heterocycles. The normalized spacial score (nSPS) is 10.6. The summed E-state index contributed by atoms with van der Waals surface area (Å²) in [7, 11) is 1.59. The molecule has 0 radical (unpaired) electrons. The van der Waals surface area contributed by atoms with Crippen molar-refractivity contribution in [3.05, 3.63) is 47.9 Å². The van der Waals surface area contributed by atoms with Gasteiger partial charge in [-0.1, -0.05) is 0 Å². The van der Waals surface area contributed by atoms with Crippen molar-refractivity contribution in [1.82, 2.24) is 20.5 Å². The number of amides is 1. The third-order valence-corrected chi connectivity index (χ3v) is 4.03. The molecule has 0 atom stereocenters. The summed E-state index contributed by atoms with van der Waals surface area (Å²) in [5.74, 6) is -0.336. The molecule has 2 aromatic heterocycles. The number of methoxy groups -OCH3 is 1. The number of H-pyrrole nitrogens is 2. The van der Waals surface area contributed by atoms with Crippen LogP contribution in [0.1, 0.15) is 21.1 Å². The number of hydrogen-bond acceptors (Lipinski definition) is 6. The van der Waals surface area contributed by atoms with E-state index in [1.807, 2.05) is 6.92 Å². The number of ether oxygens (including phenoxy) is 1. The molecule has 0 aliphatic heterocycles. The average Bonchev–Trinajstić information content (AvgIpc) is 2.81. The number of nitrogens with one attached hydrogen (secondary N) is 3. The fourth-order valence-corrected chi connectivity index (χ4v) is 2.82. The summed E-state index contributed by atoms with van der Waals surface area (Å²) in [4.78, 5) is 39.8. The Kier molecular flexibility index (Phi) is 5.23. The summed E-state index contributed by atoms with van der Waals surface area (Å²) < 4.78 is 5.02. The highest BCUT2D eigenvalue weighted by Crippen LogP contribution is 2.18. The lowest BCUT2D eigenvalue weighted by Crippen LogP contribution is -2.29. The van der Waals surface area contributed by atoms with E-state index < -0.39 is 11.1 Å². The zero-order chi connectivity index (χ0) is 16.1. The molecule has 0 aliphatic rings. The Morgan fingerprint density at radius 2 is 2.18 bits per heavy atom. The Morgan fingerprint density at radius 1 is 1.41 bits per heavy atom. The van der Waals surface area contributed by atoms with E-state index in [1.54, 1.807) is 7.11 Å². The number of carbonyl (C=O) groups excluding carboxylic acids is 1. The quantitative estimate of drug-likeness (QED) is 0.682. The molecule has 0 bridgehead atoms. The molecule has 9 heteroatoms. The molecular formula is C13H16N4O4S.